The zero-order valence-electron chi connectivity index (χ0n) is 15.5. The molecule has 1 aliphatic rings. The number of carbonyl (C=O) groups is 4. The molecule has 0 saturated carbocycles. The lowest BCUT2D eigenvalue weighted by atomic mass is 10.1. The van der Waals surface area contributed by atoms with E-state index in [-0.39, 0.29) is 19.1 Å². The summed E-state index contributed by atoms with van der Waals surface area (Å²) in [4.78, 5) is 48.8. The molecule has 0 atom stereocenters. The smallest absolute Gasteiger partial charge is 0.308 e. The first kappa shape index (κ1) is 20.6. The second-order valence-corrected chi connectivity index (χ2v) is 6.34. The number of hydrogen-bond acceptors (Lipinski definition) is 6. The fourth-order valence-electron chi connectivity index (χ4n) is 2.53. The molecule has 8 heteroatoms. The van der Waals surface area contributed by atoms with E-state index in [1.165, 1.54) is 0 Å². The van der Waals surface area contributed by atoms with Gasteiger partial charge in [0.05, 0.1) is 23.7 Å². The quantitative estimate of drug-likeness (QED) is 0.373. The van der Waals surface area contributed by atoms with E-state index in [4.69, 9.17) is 9.47 Å². The minimum atomic E-state index is -0.648. The number of imide groups is 1. The molecule has 8 nitrogen and oxygen atoms in total. The standard InChI is InChI=1S/C19H24N2O6/c1-13(2)26-11-5-9-20-16(22)12-27-17(23)8-10-21-18(24)14-6-3-4-7-15(14)19(21)25/h3-4,6-7,13H,5,8-12H2,1-2H3,(H,20,22). The van der Waals surface area contributed by atoms with Gasteiger partial charge < -0.3 is 14.8 Å². The first-order valence-electron chi connectivity index (χ1n) is 8.89. The van der Waals surface area contributed by atoms with E-state index >= 15 is 0 Å². The van der Waals surface area contributed by atoms with Gasteiger partial charge in [0.2, 0.25) is 0 Å². The third-order valence-electron chi connectivity index (χ3n) is 3.88. The summed E-state index contributed by atoms with van der Waals surface area (Å²) in [5, 5.41) is 2.62. The number of amides is 3. The second kappa shape index (κ2) is 9.82. The maximum atomic E-state index is 12.2. The van der Waals surface area contributed by atoms with Crippen LogP contribution in [0.5, 0.6) is 0 Å². The summed E-state index contributed by atoms with van der Waals surface area (Å²) in [7, 11) is 0. The van der Waals surface area contributed by atoms with Gasteiger partial charge in [-0.3, -0.25) is 24.1 Å². The van der Waals surface area contributed by atoms with Gasteiger partial charge >= 0.3 is 5.97 Å². The van der Waals surface area contributed by atoms with Gasteiger partial charge in [-0.2, -0.15) is 0 Å². The molecule has 1 heterocycles. The molecule has 1 aromatic rings. The van der Waals surface area contributed by atoms with Crippen LogP contribution in [0, 0.1) is 0 Å². The molecular formula is C19H24N2O6. The molecule has 146 valence electrons. The molecule has 0 spiro atoms. The molecule has 0 radical (unpaired) electrons. The van der Waals surface area contributed by atoms with Crippen LogP contribution in [0.3, 0.4) is 0 Å². The Labute approximate surface area is 157 Å². The number of hydrogen-bond donors (Lipinski definition) is 1. The van der Waals surface area contributed by atoms with E-state index in [9.17, 15) is 19.2 Å². The van der Waals surface area contributed by atoms with Crippen molar-refractivity contribution in [1.29, 1.82) is 0 Å². The Morgan fingerprint density at radius 1 is 1.11 bits per heavy atom. The Bertz CT molecular complexity index is 681. The van der Waals surface area contributed by atoms with Crippen molar-refractivity contribution >= 4 is 23.7 Å². The Morgan fingerprint density at radius 2 is 1.74 bits per heavy atom. The average Bonchev–Trinajstić information content (AvgIpc) is 2.88. The third kappa shape index (κ3) is 5.89. The van der Waals surface area contributed by atoms with Gasteiger partial charge in [0.15, 0.2) is 6.61 Å². The topological polar surface area (TPSA) is 102 Å². The Balaban J connectivity index is 1.65. The highest BCUT2D eigenvalue weighted by molar-refractivity contribution is 6.21. The highest BCUT2D eigenvalue weighted by atomic mass is 16.5. The SMILES string of the molecule is CC(C)OCCCNC(=O)COC(=O)CCN1C(=O)c2ccccc2C1=O. The van der Waals surface area contributed by atoms with Crippen molar-refractivity contribution in [2.75, 3.05) is 26.3 Å². The predicted octanol–water partition coefficient (Wildman–Crippen LogP) is 1.15. The maximum absolute atomic E-state index is 12.2. The molecule has 0 fully saturated rings. The van der Waals surface area contributed by atoms with Crippen LogP contribution in [0.4, 0.5) is 0 Å². The summed E-state index contributed by atoms with van der Waals surface area (Å²) >= 11 is 0. The van der Waals surface area contributed by atoms with Gasteiger partial charge in [-0.05, 0) is 32.4 Å². The number of carbonyl (C=O) groups excluding carboxylic acids is 4. The Hall–Kier alpha value is -2.74. The summed E-state index contributed by atoms with van der Waals surface area (Å²) in [6.07, 6.45) is 0.641. The van der Waals surface area contributed by atoms with Crippen molar-refractivity contribution in [2.45, 2.75) is 32.8 Å². The molecule has 3 amide bonds. The van der Waals surface area contributed by atoms with Gasteiger partial charge in [0.25, 0.3) is 17.7 Å². The normalized spacial score (nSPS) is 13.1. The van der Waals surface area contributed by atoms with Crippen LogP contribution in [0.25, 0.3) is 0 Å². The second-order valence-electron chi connectivity index (χ2n) is 6.34. The molecule has 1 aromatic carbocycles. The zero-order valence-corrected chi connectivity index (χ0v) is 15.5. The lowest BCUT2D eigenvalue weighted by molar-refractivity contribution is -0.148. The van der Waals surface area contributed by atoms with Crippen molar-refractivity contribution in [3.8, 4) is 0 Å². The molecule has 1 aliphatic heterocycles. The summed E-state index contributed by atoms with van der Waals surface area (Å²) in [6.45, 7) is 4.35. The lowest BCUT2D eigenvalue weighted by Crippen LogP contribution is -2.33. The van der Waals surface area contributed by atoms with E-state index < -0.39 is 30.3 Å². The Morgan fingerprint density at radius 3 is 2.33 bits per heavy atom. The van der Waals surface area contributed by atoms with Gasteiger partial charge in [0.1, 0.15) is 0 Å². The molecule has 27 heavy (non-hydrogen) atoms. The van der Waals surface area contributed by atoms with Crippen molar-refractivity contribution in [1.82, 2.24) is 10.2 Å². The van der Waals surface area contributed by atoms with E-state index in [1.54, 1.807) is 24.3 Å². The molecule has 0 saturated heterocycles. The van der Waals surface area contributed by atoms with Gasteiger partial charge in [0, 0.05) is 19.7 Å². The number of fused-ring (bicyclic) bond motifs is 1. The fourth-order valence-corrected chi connectivity index (χ4v) is 2.53. The number of ether oxygens (including phenoxy) is 2. The zero-order chi connectivity index (χ0) is 19.8. The van der Waals surface area contributed by atoms with Gasteiger partial charge in [-0.1, -0.05) is 12.1 Å². The highest BCUT2D eigenvalue weighted by Crippen LogP contribution is 2.22. The van der Waals surface area contributed by atoms with Crippen LogP contribution in [0.1, 0.15) is 47.4 Å². The van der Waals surface area contributed by atoms with Crippen molar-refractivity contribution < 1.29 is 28.7 Å². The number of nitrogens with one attached hydrogen (secondary N) is 1. The van der Waals surface area contributed by atoms with Crippen LogP contribution in [-0.2, 0) is 19.1 Å². The van der Waals surface area contributed by atoms with Crippen LogP contribution in [0.2, 0.25) is 0 Å². The number of benzene rings is 1. The van der Waals surface area contributed by atoms with Gasteiger partial charge in [-0.25, -0.2) is 0 Å². The van der Waals surface area contributed by atoms with Gasteiger partial charge in [-0.15, -0.1) is 0 Å². The maximum Gasteiger partial charge on any atom is 0.308 e. The third-order valence-corrected chi connectivity index (χ3v) is 3.88. The van der Waals surface area contributed by atoms with Crippen LogP contribution in [0.15, 0.2) is 24.3 Å². The van der Waals surface area contributed by atoms with E-state index in [2.05, 4.69) is 5.32 Å². The lowest BCUT2D eigenvalue weighted by Gasteiger charge is -2.13. The molecular weight excluding hydrogens is 352 g/mol. The molecule has 2 rings (SSSR count). The number of rotatable bonds is 10. The summed E-state index contributed by atoms with van der Waals surface area (Å²) in [5.74, 6) is -1.91. The van der Waals surface area contributed by atoms with Crippen molar-refractivity contribution in [2.24, 2.45) is 0 Å². The minimum absolute atomic E-state index is 0.0840. The predicted molar refractivity (Wildman–Crippen MR) is 96.1 cm³/mol. The molecule has 0 aliphatic carbocycles. The van der Waals surface area contributed by atoms with Crippen molar-refractivity contribution in [3.05, 3.63) is 35.4 Å². The van der Waals surface area contributed by atoms with E-state index in [1.807, 2.05) is 13.8 Å². The number of nitrogens with zero attached hydrogens (tertiary/aromatic N) is 1. The molecule has 0 aromatic heterocycles. The summed E-state index contributed by atoms with van der Waals surface area (Å²) < 4.78 is 10.2. The largest absolute Gasteiger partial charge is 0.456 e. The average molecular weight is 376 g/mol. The fraction of sp³-hybridized carbons (Fsp3) is 0.474. The number of esters is 1. The van der Waals surface area contributed by atoms with Crippen LogP contribution in [-0.4, -0.2) is 61.0 Å². The first-order chi connectivity index (χ1) is 12.9. The highest BCUT2D eigenvalue weighted by Gasteiger charge is 2.35. The molecule has 1 N–H and O–H groups in total. The first-order valence-corrected chi connectivity index (χ1v) is 8.89. The summed E-state index contributed by atoms with van der Waals surface area (Å²) in [6, 6.07) is 6.50. The Kier molecular flexibility index (Phi) is 7.48. The summed E-state index contributed by atoms with van der Waals surface area (Å²) in [5.41, 5.74) is 0.661. The van der Waals surface area contributed by atoms with E-state index in [0.717, 1.165) is 4.90 Å². The molecule has 0 bridgehead atoms. The minimum Gasteiger partial charge on any atom is -0.456 e. The van der Waals surface area contributed by atoms with Crippen LogP contribution >= 0.6 is 0 Å². The monoisotopic (exact) mass is 376 g/mol. The molecule has 0 unspecified atom stereocenters. The van der Waals surface area contributed by atoms with Crippen molar-refractivity contribution in [3.63, 3.8) is 0 Å². The van der Waals surface area contributed by atoms with Crippen LogP contribution < -0.4 is 5.32 Å². The van der Waals surface area contributed by atoms with E-state index in [0.29, 0.717) is 30.7 Å².